The minimum atomic E-state index is -0.846. The van der Waals surface area contributed by atoms with Gasteiger partial charge in [0.2, 0.25) is 0 Å². The van der Waals surface area contributed by atoms with Crippen molar-refractivity contribution in [1.29, 1.82) is 0 Å². The van der Waals surface area contributed by atoms with Gasteiger partial charge in [-0.2, -0.15) is 0 Å². The lowest BCUT2D eigenvalue weighted by Crippen LogP contribution is -2.20. The molecule has 0 fully saturated rings. The van der Waals surface area contributed by atoms with E-state index in [4.69, 9.17) is 27.9 Å². The van der Waals surface area contributed by atoms with Gasteiger partial charge >= 0.3 is 0 Å². The molecular weight excluding hydrogens is 507 g/mol. The lowest BCUT2D eigenvalue weighted by atomic mass is 9.83. The Morgan fingerprint density at radius 2 is 1.16 bits per heavy atom. The zero-order valence-corrected chi connectivity index (χ0v) is 21.8. The van der Waals surface area contributed by atoms with E-state index in [0.29, 0.717) is 39.8 Å². The Kier molecular flexibility index (Phi) is 9.62. The Morgan fingerprint density at radius 3 is 1.76 bits per heavy atom. The first-order chi connectivity index (χ1) is 17.9. The second kappa shape index (κ2) is 13.1. The Bertz CT molecular complexity index is 1230. The third-order valence-corrected chi connectivity index (χ3v) is 6.89. The van der Waals surface area contributed by atoms with Gasteiger partial charge in [0.1, 0.15) is 12.4 Å². The van der Waals surface area contributed by atoms with E-state index in [1.807, 2.05) is 42.5 Å². The minimum absolute atomic E-state index is 0.169. The van der Waals surface area contributed by atoms with Crippen LogP contribution in [0.4, 0.5) is 0 Å². The van der Waals surface area contributed by atoms with Crippen molar-refractivity contribution in [3.05, 3.63) is 135 Å². The minimum Gasteiger partial charge on any atom is -0.491 e. The van der Waals surface area contributed by atoms with Crippen LogP contribution in [0.5, 0.6) is 5.75 Å². The first kappa shape index (κ1) is 27.2. The van der Waals surface area contributed by atoms with Gasteiger partial charge in [-0.1, -0.05) is 89.9 Å². The summed E-state index contributed by atoms with van der Waals surface area (Å²) in [5.41, 5.74) is 3.35. The molecule has 0 aliphatic heterocycles. The quantitative estimate of drug-likeness (QED) is 0.194. The number of aliphatic hydroxyl groups is 3. The van der Waals surface area contributed by atoms with Crippen LogP contribution in [0.15, 0.2) is 103 Å². The van der Waals surface area contributed by atoms with Gasteiger partial charge in [0.25, 0.3) is 0 Å². The van der Waals surface area contributed by atoms with Crippen molar-refractivity contribution in [3.63, 3.8) is 0 Å². The lowest BCUT2D eigenvalue weighted by molar-refractivity contribution is 0.0932. The fraction of sp³-hybridized carbons (Fsp3) is 0.226. The molecule has 192 valence electrons. The number of aliphatic hydroxyl groups excluding tert-OH is 3. The van der Waals surface area contributed by atoms with E-state index in [1.165, 1.54) is 0 Å². The second-order valence-corrected chi connectivity index (χ2v) is 10.0. The summed E-state index contributed by atoms with van der Waals surface area (Å²) in [5.74, 6) is 0.232. The SMILES string of the molecule is OC(COc1ccc(C(O)CC(c2ccc(Cl)cc2)C(O)c2ccc(Cl)cc2)cc1)Cc1ccccc1. The van der Waals surface area contributed by atoms with Crippen LogP contribution >= 0.6 is 23.2 Å². The van der Waals surface area contributed by atoms with Crippen molar-refractivity contribution in [2.45, 2.75) is 37.1 Å². The Hall–Kier alpha value is -2.86. The van der Waals surface area contributed by atoms with Crippen LogP contribution in [0.3, 0.4) is 0 Å². The molecular formula is C31H30Cl2O4. The molecule has 0 radical (unpaired) electrons. The smallest absolute Gasteiger partial charge is 0.119 e. The van der Waals surface area contributed by atoms with Crippen molar-refractivity contribution < 1.29 is 20.1 Å². The van der Waals surface area contributed by atoms with Gasteiger partial charge in [0.05, 0.1) is 18.3 Å². The van der Waals surface area contributed by atoms with Crippen LogP contribution in [0.1, 0.15) is 46.8 Å². The van der Waals surface area contributed by atoms with Gasteiger partial charge in [0.15, 0.2) is 0 Å². The van der Waals surface area contributed by atoms with Gasteiger partial charge in [-0.3, -0.25) is 0 Å². The van der Waals surface area contributed by atoms with E-state index in [0.717, 1.165) is 11.1 Å². The van der Waals surface area contributed by atoms with Gasteiger partial charge in [-0.25, -0.2) is 0 Å². The van der Waals surface area contributed by atoms with Gasteiger partial charge in [0, 0.05) is 22.4 Å². The largest absolute Gasteiger partial charge is 0.491 e. The molecule has 0 aliphatic carbocycles. The number of ether oxygens (including phenoxy) is 1. The summed E-state index contributed by atoms with van der Waals surface area (Å²) in [4.78, 5) is 0. The van der Waals surface area contributed by atoms with Crippen LogP contribution in [0.2, 0.25) is 10.0 Å². The second-order valence-electron chi connectivity index (χ2n) is 9.13. The summed E-state index contributed by atoms with van der Waals surface area (Å²) in [7, 11) is 0. The Labute approximate surface area is 227 Å². The molecule has 37 heavy (non-hydrogen) atoms. The van der Waals surface area contributed by atoms with E-state index in [9.17, 15) is 15.3 Å². The molecule has 4 aromatic carbocycles. The highest BCUT2D eigenvalue weighted by molar-refractivity contribution is 6.30. The molecule has 0 amide bonds. The van der Waals surface area contributed by atoms with E-state index in [1.54, 1.807) is 60.7 Å². The topological polar surface area (TPSA) is 69.9 Å². The predicted molar refractivity (Wildman–Crippen MR) is 148 cm³/mol. The van der Waals surface area contributed by atoms with Crippen LogP contribution in [-0.4, -0.2) is 28.0 Å². The van der Waals surface area contributed by atoms with E-state index in [2.05, 4.69) is 0 Å². The normalized spacial score (nSPS) is 14.5. The molecule has 0 aliphatic rings. The molecule has 0 aromatic heterocycles. The van der Waals surface area contributed by atoms with Crippen molar-refractivity contribution in [2.24, 2.45) is 0 Å². The number of benzene rings is 4. The molecule has 0 spiro atoms. The summed E-state index contributed by atoms with van der Waals surface area (Å²) < 4.78 is 5.75. The molecule has 6 heteroatoms. The van der Waals surface area contributed by atoms with Crippen molar-refractivity contribution >= 4 is 23.2 Å². The maximum atomic E-state index is 11.2. The molecule has 4 atom stereocenters. The summed E-state index contributed by atoms with van der Waals surface area (Å²) in [6.07, 6.45) is -1.48. The summed E-state index contributed by atoms with van der Waals surface area (Å²) in [6.45, 7) is 0.169. The van der Waals surface area contributed by atoms with Crippen LogP contribution < -0.4 is 4.74 Å². The van der Waals surface area contributed by atoms with Gasteiger partial charge in [-0.15, -0.1) is 0 Å². The highest BCUT2D eigenvalue weighted by Gasteiger charge is 2.26. The highest BCUT2D eigenvalue weighted by Crippen LogP contribution is 2.39. The third kappa shape index (κ3) is 7.81. The highest BCUT2D eigenvalue weighted by atomic mass is 35.5. The zero-order chi connectivity index (χ0) is 26.2. The zero-order valence-electron chi connectivity index (χ0n) is 20.3. The fourth-order valence-corrected chi connectivity index (χ4v) is 4.60. The Morgan fingerprint density at radius 1 is 0.622 bits per heavy atom. The van der Waals surface area contributed by atoms with Crippen molar-refractivity contribution in [2.75, 3.05) is 6.61 Å². The summed E-state index contributed by atoms with van der Waals surface area (Å²) >= 11 is 12.1. The average molecular weight is 537 g/mol. The lowest BCUT2D eigenvalue weighted by Gasteiger charge is -2.26. The third-order valence-electron chi connectivity index (χ3n) is 6.39. The monoisotopic (exact) mass is 536 g/mol. The molecule has 4 unspecified atom stereocenters. The average Bonchev–Trinajstić information content (AvgIpc) is 2.92. The number of hydrogen-bond acceptors (Lipinski definition) is 4. The molecule has 4 aromatic rings. The first-order valence-electron chi connectivity index (χ1n) is 12.2. The number of halogens is 2. The molecule has 0 saturated heterocycles. The number of hydrogen-bond donors (Lipinski definition) is 3. The summed E-state index contributed by atoms with van der Waals surface area (Å²) in [6, 6.07) is 31.3. The molecule has 0 saturated carbocycles. The van der Waals surface area contributed by atoms with Crippen molar-refractivity contribution in [1.82, 2.24) is 0 Å². The number of rotatable bonds is 11. The van der Waals surface area contributed by atoms with Gasteiger partial charge in [-0.05, 0) is 65.1 Å². The predicted octanol–water partition coefficient (Wildman–Crippen LogP) is 6.92. The van der Waals surface area contributed by atoms with Crippen LogP contribution in [0.25, 0.3) is 0 Å². The van der Waals surface area contributed by atoms with Crippen LogP contribution in [0, 0.1) is 0 Å². The molecule has 0 bridgehead atoms. The fourth-order valence-electron chi connectivity index (χ4n) is 4.35. The molecule has 4 rings (SSSR count). The Balaban J connectivity index is 1.41. The van der Waals surface area contributed by atoms with Crippen LogP contribution in [-0.2, 0) is 6.42 Å². The first-order valence-corrected chi connectivity index (χ1v) is 13.0. The molecule has 4 nitrogen and oxygen atoms in total. The van der Waals surface area contributed by atoms with E-state index >= 15 is 0 Å². The maximum Gasteiger partial charge on any atom is 0.119 e. The van der Waals surface area contributed by atoms with E-state index < -0.39 is 18.3 Å². The summed E-state index contributed by atoms with van der Waals surface area (Å²) in [5, 5.41) is 33.8. The maximum absolute atomic E-state index is 11.2. The molecule has 0 heterocycles. The molecule has 3 N–H and O–H groups in total. The standard InChI is InChI=1S/C31H30Cl2O4/c32-25-12-6-22(7-13-25)29(31(36)24-8-14-26(33)15-9-24)19-30(35)23-10-16-28(17-11-23)37-20-27(34)18-21-4-2-1-3-5-21/h1-17,27,29-31,34-36H,18-20H2. The van der Waals surface area contributed by atoms with E-state index in [-0.39, 0.29) is 12.5 Å². The van der Waals surface area contributed by atoms with Crippen molar-refractivity contribution in [3.8, 4) is 5.75 Å². The van der Waals surface area contributed by atoms with Gasteiger partial charge < -0.3 is 20.1 Å².